The van der Waals surface area contributed by atoms with Crippen LogP contribution in [0.4, 0.5) is 11.4 Å². The first-order valence-electron chi connectivity index (χ1n) is 17.4. The molecule has 0 fully saturated rings. The molecule has 0 unspecified atom stereocenters. The van der Waals surface area contributed by atoms with E-state index >= 15 is 0 Å². The van der Waals surface area contributed by atoms with Crippen LogP contribution in [0, 0.1) is 0 Å². The number of nitrogens with two attached hydrogens (primary N) is 1. The van der Waals surface area contributed by atoms with E-state index < -0.39 is 0 Å². The van der Waals surface area contributed by atoms with Crippen molar-refractivity contribution in [2.75, 3.05) is 10.6 Å². The minimum atomic E-state index is 0.773. The van der Waals surface area contributed by atoms with Crippen molar-refractivity contribution in [3.63, 3.8) is 0 Å². The summed E-state index contributed by atoms with van der Waals surface area (Å²) in [5.74, 6) is 0.895. The highest BCUT2D eigenvalue weighted by Gasteiger charge is 2.13. The first-order chi connectivity index (χ1) is 24.1. The number of hydrogen-bond acceptors (Lipinski definition) is 3. The van der Waals surface area contributed by atoms with Crippen LogP contribution in [-0.2, 0) is 12.2 Å². The van der Waals surface area contributed by atoms with Crippen LogP contribution in [0.5, 0.6) is 0 Å². The Balaban J connectivity index is 0.00000130. The van der Waals surface area contributed by atoms with Gasteiger partial charge in [-0.25, -0.2) is 0 Å². The molecular formula is C46H50N2S. The van der Waals surface area contributed by atoms with Crippen LogP contribution >= 0.6 is 11.8 Å². The molecule has 0 saturated heterocycles. The summed E-state index contributed by atoms with van der Waals surface area (Å²) >= 11 is 1.73. The van der Waals surface area contributed by atoms with E-state index in [9.17, 15) is 0 Å². The van der Waals surface area contributed by atoms with Gasteiger partial charge in [-0.05, 0) is 94.5 Å². The van der Waals surface area contributed by atoms with Gasteiger partial charge in [-0.15, -0.1) is 11.8 Å². The fraction of sp³-hybridized carbons (Fsp3) is 0.174. The number of thioether (sulfide) groups is 1. The number of fused-ring (bicyclic) bond motifs is 2. The molecule has 0 saturated carbocycles. The number of nitrogen functional groups attached to an aromatic ring is 1. The van der Waals surface area contributed by atoms with E-state index in [1.54, 1.807) is 11.8 Å². The number of aryl methyl sites for hydroxylation is 1. The maximum Gasteiger partial charge on any atom is 0.0467 e. The normalized spacial score (nSPS) is 13.4. The van der Waals surface area contributed by atoms with E-state index in [0.717, 1.165) is 63.1 Å². The molecule has 3 heteroatoms. The highest BCUT2D eigenvalue weighted by molar-refractivity contribution is 8.02. The first-order valence-corrected chi connectivity index (χ1v) is 18.4. The second-order valence-electron chi connectivity index (χ2n) is 11.2. The number of rotatable bonds is 11. The average molecular weight is 663 g/mol. The van der Waals surface area contributed by atoms with Gasteiger partial charge in [-0.2, -0.15) is 0 Å². The molecule has 0 aromatic heterocycles. The van der Waals surface area contributed by atoms with Crippen LogP contribution in [0.25, 0.3) is 28.5 Å². The molecule has 49 heavy (non-hydrogen) atoms. The minimum Gasteiger partial charge on any atom is -0.398 e. The fourth-order valence-corrected chi connectivity index (χ4v) is 6.43. The van der Waals surface area contributed by atoms with Gasteiger partial charge in [0.1, 0.15) is 0 Å². The van der Waals surface area contributed by atoms with Crippen LogP contribution in [0.1, 0.15) is 68.4 Å². The Morgan fingerprint density at radius 3 is 2.47 bits per heavy atom. The quantitative estimate of drug-likeness (QED) is 0.128. The van der Waals surface area contributed by atoms with Crippen LogP contribution in [-0.4, -0.2) is 0 Å². The molecule has 4 aromatic rings. The third-order valence-corrected chi connectivity index (χ3v) is 9.14. The molecule has 2 N–H and O–H groups in total. The summed E-state index contributed by atoms with van der Waals surface area (Å²) < 4.78 is 0. The number of hydrogen-bond donors (Lipinski definition) is 1. The van der Waals surface area contributed by atoms with Gasteiger partial charge in [0, 0.05) is 39.3 Å². The summed E-state index contributed by atoms with van der Waals surface area (Å²) in [6.07, 6.45) is 26.6. The third kappa shape index (κ3) is 9.78. The van der Waals surface area contributed by atoms with Crippen molar-refractivity contribution in [3.05, 3.63) is 185 Å². The highest BCUT2D eigenvalue weighted by atomic mass is 32.2. The van der Waals surface area contributed by atoms with E-state index in [1.807, 2.05) is 39.8 Å². The maximum absolute atomic E-state index is 6.68. The summed E-state index contributed by atoms with van der Waals surface area (Å²) in [4.78, 5) is 3.28. The van der Waals surface area contributed by atoms with Crippen molar-refractivity contribution in [2.45, 2.75) is 52.7 Å². The van der Waals surface area contributed by atoms with Crippen LogP contribution in [0.3, 0.4) is 0 Å². The minimum absolute atomic E-state index is 0.773. The van der Waals surface area contributed by atoms with Crippen molar-refractivity contribution in [1.29, 1.82) is 0 Å². The Hall–Kier alpha value is -4.99. The zero-order chi connectivity index (χ0) is 35.0. The zero-order valence-electron chi connectivity index (χ0n) is 29.5. The highest BCUT2D eigenvalue weighted by Crippen LogP contribution is 2.32. The zero-order valence-corrected chi connectivity index (χ0v) is 30.3. The Labute approximate surface area is 299 Å². The van der Waals surface area contributed by atoms with Gasteiger partial charge in [0.05, 0.1) is 0 Å². The van der Waals surface area contributed by atoms with Gasteiger partial charge in [0.2, 0.25) is 0 Å². The predicted octanol–water partition coefficient (Wildman–Crippen LogP) is 13.3. The Morgan fingerprint density at radius 1 is 0.898 bits per heavy atom. The van der Waals surface area contributed by atoms with Gasteiger partial charge < -0.3 is 10.6 Å². The standard InChI is InChI=1S/C42H38N2S.2C2H6/c1-3-11-33(26-27-44(39-16-9-10-17-39)40-24-22-34-14-7-8-15-36(34)29-40)37-23-25-41-38(28-37)21-20-35(42(41)43)19-18-31(2)45-30-32-12-5-4-6-13-32;2*1-2/h3-7,9,11-14,16-29H,1-2,8,10,15,30,43H2;2*1-2H3/b19-18-,27-26-,33-11+;;. The number of nitrogens with zero attached hydrogens (tertiary/aromatic N) is 1. The van der Waals surface area contributed by atoms with Crippen LogP contribution < -0.4 is 10.6 Å². The smallest absolute Gasteiger partial charge is 0.0467 e. The average Bonchev–Trinajstić information content (AvgIpc) is 3.70. The molecule has 250 valence electrons. The second kappa shape index (κ2) is 19.1. The largest absolute Gasteiger partial charge is 0.398 e. The van der Waals surface area contributed by atoms with Gasteiger partial charge in [-0.1, -0.05) is 144 Å². The van der Waals surface area contributed by atoms with E-state index in [0.29, 0.717) is 0 Å². The molecule has 0 aliphatic heterocycles. The molecule has 0 heterocycles. The molecule has 4 aromatic carbocycles. The molecule has 0 amide bonds. The molecule has 0 spiro atoms. The summed E-state index contributed by atoms with van der Waals surface area (Å²) in [5, 5.41) is 2.14. The van der Waals surface area contributed by atoms with Crippen molar-refractivity contribution >= 4 is 51.6 Å². The monoisotopic (exact) mass is 662 g/mol. The van der Waals surface area contributed by atoms with Crippen LogP contribution in [0.15, 0.2) is 157 Å². The lowest BCUT2D eigenvalue weighted by Gasteiger charge is -2.23. The fourth-order valence-electron chi connectivity index (χ4n) is 5.72. The lowest BCUT2D eigenvalue weighted by Crippen LogP contribution is -2.14. The van der Waals surface area contributed by atoms with Crippen LogP contribution in [0.2, 0.25) is 0 Å². The molecule has 2 nitrogen and oxygen atoms in total. The van der Waals surface area contributed by atoms with Gasteiger partial charge >= 0.3 is 0 Å². The van der Waals surface area contributed by atoms with E-state index in [2.05, 4.69) is 152 Å². The van der Waals surface area contributed by atoms with Gasteiger partial charge in [-0.3, -0.25) is 0 Å². The molecule has 0 atom stereocenters. The Bertz CT molecular complexity index is 1920. The second-order valence-corrected chi connectivity index (χ2v) is 12.3. The Morgan fingerprint density at radius 2 is 1.71 bits per heavy atom. The molecular weight excluding hydrogens is 613 g/mol. The molecule has 2 aliphatic carbocycles. The third-order valence-electron chi connectivity index (χ3n) is 8.16. The summed E-state index contributed by atoms with van der Waals surface area (Å²) in [5.41, 5.74) is 17.0. The summed E-state index contributed by atoms with van der Waals surface area (Å²) in [7, 11) is 0. The number of benzene rings is 4. The van der Waals surface area contributed by atoms with E-state index in [1.165, 1.54) is 28.1 Å². The van der Waals surface area contributed by atoms with Crippen molar-refractivity contribution in [1.82, 2.24) is 0 Å². The van der Waals surface area contributed by atoms with Crippen molar-refractivity contribution < 1.29 is 0 Å². The lowest BCUT2D eigenvalue weighted by molar-refractivity contribution is 0.983. The van der Waals surface area contributed by atoms with Crippen molar-refractivity contribution in [2.24, 2.45) is 0 Å². The molecule has 6 rings (SSSR count). The van der Waals surface area contributed by atoms with Gasteiger partial charge in [0.25, 0.3) is 0 Å². The lowest BCUT2D eigenvalue weighted by atomic mass is 9.96. The molecule has 0 bridgehead atoms. The first kappa shape index (κ1) is 36.8. The van der Waals surface area contributed by atoms with Crippen molar-refractivity contribution in [3.8, 4) is 0 Å². The summed E-state index contributed by atoms with van der Waals surface area (Å²) in [6, 6.07) is 27.9. The SMILES string of the molecule is C=C/C=C(\C=C/N(C1=CCC=C1)c1ccc2c(c1)CCC=C2)c1ccc2c(N)c(/C=C\C(=C)SCc3ccccc3)ccc2c1.CC.CC. The number of allylic oxidation sites excluding steroid dienone is 9. The molecule has 0 radical (unpaired) electrons. The van der Waals surface area contributed by atoms with Gasteiger partial charge in [0.15, 0.2) is 0 Å². The van der Waals surface area contributed by atoms with E-state index in [4.69, 9.17) is 5.73 Å². The Kier molecular flexibility index (Phi) is 14.4. The predicted molar refractivity (Wildman–Crippen MR) is 222 cm³/mol. The summed E-state index contributed by atoms with van der Waals surface area (Å²) in [6.45, 7) is 16.2. The number of anilines is 2. The maximum atomic E-state index is 6.68. The van der Waals surface area contributed by atoms with E-state index in [-0.39, 0.29) is 0 Å². The topological polar surface area (TPSA) is 29.3 Å². The molecule has 2 aliphatic rings.